The van der Waals surface area contributed by atoms with Crippen molar-refractivity contribution in [1.82, 2.24) is 4.90 Å². The molecule has 5 rings (SSSR count). The van der Waals surface area contributed by atoms with E-state index in [1.165, 1.54) is 9.80 Å². The lowest BCUT2D eigenvalue weighted by Crippen LogP contribution is -2.57. The van der Waals surface area contributed by atoms with E-state index in [0.29, 0.717) is 35.5 Å². The second-order valence-electron chi connectivity index (χ2n) is 11.1. The Balaban J connectivity index is 1.56. The van der Waals surface area contributed by atoms with Crippen molar-refractivity contribution >= 4 is 35.1 Å². The Labute approximate surface area is 251 Å². The van der Waals surface area contributed by atoms with Crippen LogP contribution in [0.5, 0.6) is 0 Å². The second kappa shape index (κ2) is 12.8. The topological polar surface area (TPSA) is 96.4 Å². The Bertz CT molecular complexity index is 1330. The molecule has 0 saturated carbocycles. The van der Waals surface area contributed by atoms with Gasteiger partial charge in [0, 0.05) is 6.54 Å². The van der Waals surface area contributed by atoms with E-state index in [4.69, 9.17) is 21.1 Å². The molecule has 1 spiro atoms. The van der Waals surface area contributed by atoms with Gasteiger partial charge < -0.3 is 24.4 Å². The van der Waals surface area contributed by atoms with Crippen LogP contribution in [0.2, 0.25) is 5.02 Å². The van der Waals surface area contributed by atoms with Crippen molar-refractivity contribution in [2.45, 2.75) is 55.9 Å². The van der Waals surface area contributed by atoms with E-state index >= 15 is 0 Å². The summed E-state index contributed by atoms with van der Waals surface area (Å²) in [4.78, 5) is 45.6. The first-order valence-corrected chi connectivity index (χ1v) is 14.9. The molecule has 2 bridgehead atoms. The van der Waals surface area contributed by atoms with Crippen molar-refractivity contribution < 1.29 is 29.0 Å². The molecule has 9 heteroatoms. The van der Waals surface area contributed by atoms with Crippen LogP contribution < -0.4 is 4.90 Å². The minimum absolute atomic E-state index is 0.135. The standard InChI is InChI=1S/C33H37ClN2O6/c1-3-5-6-12-20-41-32(40)27-26-17-18-33(42-26)28(27)30(38)36(25(21-37)22-13-8-7-9-14-22)29(33)31(39)35(19-4-2)24-16-11-10-15-23(24)34/h3-4,7-11,13-16,25-29,37H,1-2,5-6,12,17-21H2/t25-,26+,27-,28+,29?,33?/m1/s1. The van der Waals surface area contributed by atoms with Crippen molar-refractivity contribution in [1.29, 1.82) is 0 Å². The third-order valence-corrected chi connectivity index (χ3v) is 9.02. The zero-order valence-electron chi connectivity index (χ0n) is 23.6. The van der Waals surface area contributed by atoms with Crippen molar-refractivity contribution in [3.63, 3.8) is 0 Å². The van der Waals surface area contributed by atoms with Gasteiger partial charge >= 0.3 is 5.97 Å². The number of ether oxygens (including phenoxy) is 2. The number of para-hydroxylation sites is 1. The van der Waals surface area contributed by atoms with Crippen LogP contribution in [0.25, 0.3) is 0 Å². The summed E-state index contributed by atoms with van der Waals surface area (Å²) in [5.74, 6) is -3.05. The summed E-state index contributed by atoms with van der Waals surface area (Å²) < 4.78 is 12.2. The number of aliphatic hydroxyl groups excluding tert-OH is 1. The Kier molecular flexibility index (Phi) is 9.16. The van der Waals surface area contributed by atoms with Gasteiger partial charge in [0.1, 0.15) is 11.6 Å². The minimum Gasteiger partial charge on any atom is -0.465 e. The summed E-state index contributed by atoms with van der Waals surface area (Å²) in [5.41, 5.74) is -0.111. The van der Waals surface area contributed by atoms with Crippen LogP contribution >= 0.6 is 11.6 Å². The second-order valence-corrected chi connectivity index (χ2v) is 11.5. The molecule has 3 heterocycles. The molecular formula is C33H37ClN2O6. The molecule has 0 aromatic heterocycles. The van der Waals surface area contributed by atoms with Gasteiger partial charge in [-0.3, -0.25) is 14.4 Å². The SMILES string of the molecule is C=CCCCCOC(=O)[C@@H]1[C@@H]2CCC3(O2)C(C(=O)N(CC=C)c2ccccc2Cl)N([C@H](CO)c2ccccc2)C(=O)[C@H]13. The molecule has 222 valence electrons. The van der Waals surface area contributed by atoms with Gasteiger partial charge in [-0.25, -0.2) is 0 Å². The number of aliphatic hydroxyl groups is 1. The summed E-state index contributed by atoms with van der Waals surface area (Å²) in [6.07, 6.45) is 6.16. The average molecular weight is 593 g/mol. The minimum atomic E-state index is -1.26. The highest BCUT2D eigenvalue weighted by Crippen LogP contribution is 2.60. The Morgan fingerprint density at radius 3 is 2.57 bits per heavy atom. The van der Waals surface area contributed by atoms with Gasteiger partial charge in [-0.05, 0) is 49.8 Å². The monoisotopic (exact) mass is 592 g/mol. The fourth-order valence-electron chi connectivity index (χ4n) is 6.92. The highest BCUT2D eigenvalue weighted by molar-refractivity contribution is 6.34. The third-order valence-electron chi connectivity index (χ3n) is 8.71. The van der Waals surface area contributed by atoms with Gasteiger partial charge in [-0.2, -0.15) is 0 Å². The summed E-state index contributed by atoms with van der Waals surface area (Å²) >= 11 is 6.54. The van der Waals surface area contributed by atoms with Crippen LogP contribution in [0.15, 0.2) is 79.9 Å². The number of fused-ring (bicyclic) bond motifs is 1. The molecule has 8 nitrogen and oxygen atoms in total. The van der Waals surface area contributed by atoms with Crippen LogP contribution in [0, 0.1) is 11.8 Å². The molecule has 3 fully saturated rings. The summed E-state index contributed by atoms with van der Waals surface area (Å²) in [7, 11) is 0. The largest absolute Gasteiger partial charge is 0.465 e. The zero-order valence-corrected chi connectivity index (χ0v) is 24.3. The number of benzene rings is 2. The maximum Gasteiger partial charge on any atom is 0.312 e. The third kappa shape index (κ3) is 5.16. The highest BCUT2D eigenvalue weighted by Gasteiger charge is 2.75. The van der Waals surface area contributed by atoms with Gasteiger partial charge in [0.25, 0.3) is 5.91 Å². The lowest BCUT2D eigenvalue weighted by molar-refractivity contribution is -0.156. The molecule has 0 radical (unpaired) electrons. The van der Waals surface area contributed by atoms with Gasteiger partial charge in [-0.15, -0.1) is 13.2 Å². The van der Waals surface area contributed by atoms with Crippen LogP contribution in [0.3, 0.4) is 0 Å². The fraction of sp³-hybridized carbons (Fsp3) is 0.424. The van der Waals surface area contributed by atoms with Crippen LogP contribution in [-0.2, 0) is 23.9 Å². The van der Waals surface area contributed by atoms with Crippen molar-refractivity contribution in [3.8, 4) is 0 Å². The molecular weight excluding hydrogens is 556 g/mol. The number of amides is 2. The number of halogens is 1. The van der Waals surface area contributed by atoms with E-state index in [1.54, 1.807) is 30.3 Å². The fourth-order valence-corrected chi connectivity index (χ4v) is 7.16. The number of hydrogen-bond donors (Lipinski definition) is 1. The number of unbranched alkanes of at least 4 members (excludes halogenated alkanes) is 2. The van der Waals surface area contributed by atoms with E-state index in [-0.39, 0.29) is 13.2 Å². The number of allylic oxidation sites excluding steroid dienone is 1. The first kappa shape index (κ1) is 30.0. The number of likely N-dealkylation sites (tertiary alicyclic amines) is 1. The normalized spacial score (nSPS) is 26.5. The van der Waals surface area contributed by atoms with Crippen LogP contribution in [0.4, 0.5) is 5.69 Å². The summed E-state index contributed by atoms with van der Waals surface area (Å²) in [5, 5.41) is 11.0. The number of hydrogen-bond acceptors (Lipinski definition) is 6. The molecule has 6 atom stereocenters. The number of rotatable bonds is 13. The number of nitrogens with zero attached hydrogens (tertiary/aromatic N) is 2. The van der Waals surface area contributed by atoms with Crippen molar-refractivity contribution in [3.05, 3.63) is 90.5 Å². The predicted molar refractivity (Wildman–Crippen MR) is 160 cm³/mol. The summed E-state index contributed by atoms with van der Waals surface area (Å²) in [6, 6.07) is 14.1. The maximum absolute atomic E-state index is 14.7. The number of esters is 1. The first-order valence-electron chi connectivity index (χ1n) is 14.5. The predicted octanol–water partition coefficient (Wildman–Crippen LogP) is 4.87. The molecule has 3 saturated heterocycles. The van der Waals surface area contributed by atoms with Gasteiger partial charge in [0.05, 0.1) is 47.9 Å². The average Bonchev–Trinajstić information content (AvgIpc) is 3.64. The van der Waals surface area contributed by atoms with E-state index < -0.39 is 60.0 Å². The molecule has 2 aromatic rings. The molecule has 2 unspecified atom stereocenters. The molecule has 2 aromatic carbocycles. The number of anilines is 1. The Hall–Kier alpha value is -3.46. The van der Waals surface area contributed by atoms with E-state index in [9.17, 15) is 19.5 Å². The van der Waals surface area contributed by atoms with E-state index in [2.05, 4.69) is 13.2 Å². The smallest absolute Gasteiger partial charge is 0.312 e. The van der Waals surface area contributed by atoms with Crippen molar-refractivity contribution in [2.24, 2.45) is 11.8 Å². The van der Waals surface area contributed by atoms with Crippen LogP contribution in [0.1, 0.15) is 43.7 Å². The van der Waals surface area contributed by atoms with Gasteiger partial charge in [-0.1, -0.05) is 66.2 Å². The van der Waals surface area contributed by atoms with Gasteiger partial charge in [0.15, 0.2) is 0 Å². The molecule has 42 heavy (non-hydrogen) atoms. The Morgan fingerprint density at radius 2 is 1.88 bits per heavy atom. The van der Waals surface area contributed by atoms with Crippen molar-refractivity contribution in [2.75, 3.05) is 24.7 Å². The van der Waals surface area contributed by atoms with E-state index in [1.807, 2.05) is 36.4 Å². The number of carbonyl (C=O) groups is 3. The summed E-state index contributed by atoms with van der Waals surface area (Å²) in [6.45, 7) is 7.51. The molecule has 2 amide bonds. The molecule has 3 aliphatic rings. The number of carbonyl (C=O) groups excluding carboxylic acids is 3. The molecule has 0 aliphatic carbocycles. The molecule has 1 N–H and O–H groups in total. The lowest BCUT2D eigenvalue weighted by atomic mass is 9.70. The lowest BCUT2D eigenvalue weighted by Gasteiger charge is -2.39. The first-order chi connectivity index (χ1) is 20.4. The van der Waals surface area contributed by atoms with Crippen LogP contribution in [-0.4, -0.2) is 65.3 Å². The Morgan fingerprint density at radius 1 is 1.14 bits per heavy atom. The van der Waals surface area contributed by atoms with E-state index in [0.717, 1.165) is 12.8 Å². The highest BCUT2D eigenvalue weighted by atomic mass is 35.5. The quantitative estimate of drug-likeness (QED) is 0.203. The molecule has 3 aliphatic heterocycles. The zero-order chi connectivity index (χ0) is 29.9. The van der Waals surface area contributed by atoms with Gasteiger partial charge in [0.2, 0.25) is 5.91 Å². The maximum atomic E-state index is 14.7.